The summed E-state index contributed by atoms with van der Waals surface area (Å²) in [5, 5.41) is 0. The fourth-order valence-electron chi connectivity index (χ4n) is 0.477. The van der Waals surface area contributed by atoms with Crippen LogP contribution < -0.4 is 0 Å². The average molecular weight is 138 g/mol. The first-order valence-corrected chi connectivity index (χ1v) is 3.18. The molecular weight excluding hydrogens is 132 g/mol. The smallest absolute Gasteiger partial charge is 0.106 e. The van der Waals surface area contributed by atoms with E-state index in [4.69, 9.17) is 4.42 Å². The molecule has 0 unspecified atom stereocenters. The fourth-order valence-corrected chi connectivity index (χ4v) is 0.556. The Morgan fingerprint density at radius 3 is 3.11 bits per heavy atom. The third-order valence-electron chi connectivity index (χ3n) is 0.833. The van der Waals surface area contributed by atoms with Gasteiger partial charge in [0.1, 0.15) is 6.26 Å². The molecule has 0 spiro atoms. The standard InChI is InChI=1S/C7H6OS/c9-5-1-2-7-3-4-8-6-7/h3-4,6,9H,5H2. The Hall–Kier alpha value is -0.810. The van der Waals surface area contributed by atoms with Gasteiger partial charge in [-0.05, 0) is 6.07 Å². The lowest BCUT2D eigenvalue weighted by Gasteiger charge is -1.71. The number of furan rings is 1. The molecule has 1 aromatic rings. The van der Waals surface area contributed by atoms with Crippen LogP contribution in [0.3, 0.4) is 0 Å². The van der Waals surface area contributed by atoms with Gasteiger partial charge >= 0.3 is 0 Å². The number of thiol groups is 1. The lowest BCUT2D eigenvalue weighted by molar-refractivity contribution is 0.566. The Bertz CT molecular complexity index is 215. The maximum atomic E-state index is 4.78. The quantitative estimate of drug-likeness (QED) is 0.424. The van der Waals surface area contributed by atoms with Gasteiger partial charge in [-0.2, -0.15) is 12.6 Å². The van der Waals surface area contributed by atoms with Crippen molar-refractivity contribution >= 4 is 12.6 Å². The Labute approximate surface area is 59.5 Å². The SMILES string of the molecule is SCC#Cc1ccoc1. The van der Waals surface area contributed by atoms with Crippen molar-refractivity contribution < 1.29 is 4.42 Å². The third kappa shape index (κ3) is 1.87. The third-order valence-corrected chi connectivity index (χ3v) is 0.991. The summed E-state index contributed by atoms with van der Waals surface area (Å²) in [5.74, 6) is 6.25. The monoisotopic (exact) mass is 138 g/mol. The van der Waals surface area contributed by atoms with Crippen LogP contribution in [0.25, 0.3) is 0 Å². The van der Waals surface area contributed by atoms with Gasteiger partial charge in [-0.1, -0.05) is 11.8 Å². The van der Waals surface area contributed by atoms with Crippen LogP contribution in [0.2, 0.25) is 0 Å². The summed E-state index contributed by atoms with van der Waals surface area (Å²) in [6.45, 7) is 0. The van der Waals surface area contributed by atoms with Gasteiger partial charge in [0.2, 0.25) is 0 Å². The van der Waals surface area contributed by atoms with E-state index in [9.17, 15) is 0 Å². The molecule has 0 saturated heterocycles. The first-order valence-electron chi connectivity index (χ1n) is 2.55. The Kier molecular flexibility index (Phi) is 2.29. The molecule has 0 radical (unpaired) electrons. The maximum Gasteiger partial charge on any atom is 0.106 e. The zero-order valence-electron chi connectivity index (χ0n) is 4.79. The van der Waals surface area contributed by atoms with E-state index in [1.54, 1.807) is 12.5 Å². The summed E-state index contributed by atoms with van der Waals surface area (Å²) in [6.07, 6.45) is 3.21. The molecule has 9 heavy (non-hydrogen) atoms. The van der Waals surface area contributed by atoms with E-state index >= 15 is 0 Å². The van der Waals surface area contributed by atoms with E-state index in [1.165, 1.54) is 0 Å². The van der Waals surface area contributed by atoms with Crippen LogP contribution in [0.4, 0.5) is 0 Å². The normalized spacial score (nSPS) is 8.11. The van der Waals surface area contributed by atoms with Gasteiger partial charge < -0.3 is 4.42 Å². The van der Waals surface area contributed by atoms with Crippen molar-refractivity contribution in [1.82, 2.24) is 0 Å². The van der Waals surface area contributed by atoms with Crippen LogP contribution in [-0.4, -0.2) is 5.75 Å². The minimum atomic E-state index is 0.588. The van der Waals surface area contributed by atoms with Crippen LogP contribution in [0.15, 0.2) is 23.0 Å². The summed E-state index contributed by atoms with van der Waals surface area (Å²) < 4.78 is 4.78. The molecular formula is C7H6OS. The Morgan fingerprint density at radius 2 is 2.56 bits per heavy atom. The first-order chi connectivity index (χ1) is 4.43. The molecule has 0 aliphatic carbocycles. The van der Waals surface area contributed by atoms with E-state index in [0.29, 0.717) is 5.75 Å². The van der Waals surface area contributed by atoms with Crippen molar-refractivity contribution in [2.45, 2.75) is 0 Å². The summed E-state index contributed by atoms with van der Waals surface area (Å²) in [5.41, 5.74) is 0.907. The van der Waals surface area contributed by atoms with Crippen LogP contribution in [0.5, 0.6) is 0 Å². The second-order valence-electron chi connectivity index (χ2n) is 1.47. The second kappa shape index (κ2) is 3.26. The molecule has 0 aromatic carbocycles. The Balaban J connectivity index is 2.67. The van der Waals surface area contributed by atoms with Gasteiger partial charge in [-0.15, -0.1) is 0 Å². The second-order valence-corrected chi connectivity index (χ2v) is 1.79. The highest BCUT2D eigenvalue weighted by Crippen LogP contribution is 1.95. The molecule has 1 aromatic heterocycles. The van der Waals surface area contributed by atoms with Gasteiger partial charge in [0.05, 0.1) is 17.6 Å². The minimum absolute atomic E-state index is 0.588. The molecule has 0 amide bonds. The predicted octanol–water partition coefficient (Wildman–Crippen LogP) is 1.56. The topological polar surface area (TPSA) is 13.1 Å². The van der Waals surface area contributed by atoms with E-state index in [-0.39, 0.29) is 0 Å². The largest absolute Gasteiger partial charge is 0.471 e. The van der Waals surface area contributed by atoms with E-state index in [2.05, 4.69) is 24.5 Å². The van der Waals surface area contributed by atoms with Crippen molar-refractivity contribution in [1.29, 1.82) is 0 Å². The van der Waals surface area contributed by atoms with Crippen molar-refractivity contribution in [3.05, 3.63) is 24.2 Å². The highest BCUT2D eigenvalue weighted by molar-refractivity contribution is 7.80. The maximum absolute atomic E-state index is 4.78. The Morgan fingerprint density at radius 1 is 1.67 bits per heavy atom. The molecule has 1 heterocycles. The molecule has 0 saturated carbocycles. The highest BCUT2D eigenvalue weighted by atomic mass is 32.1. The highest BCUT2D eigenvalue weighted by Gasteiger charge is 1.82. The van der Waals surface area contributed by atoms with Gasteiger partial charge in [0, 0.05) is 0 Å². The molecule has 1 nitrogen and oxygen atoms in total. The molecule has 0 aliphatic rings. The fraction of sp³-hybridized carbons (Fsp3) is 0.143. The van der Waals surface area contributed by atoms with E-state index in [0.717, 1.165) is 5.56 Å². The zero-order chi connectivity index (χ0) is 6.53. The van der Waals surface area contributed by atoms with E-state index in [1.807, 2.05) is 6.07 Å². The van der Waals surface area contributed by atoms with Crippen molar-refractivity contribution in [2.24, 2.45) is 0 Å². The molecule has 1 rings (SSSR count). The molecule has 2 heteroatoms. The van der Waals surface area contributed by atoms with Crippen molar-refractivity contribution in [3.8, 4) is 11.8 Å². The number of hydrogen-bond acceptors (Lipinski definition) is 2. The number of hydrogen-bond donors (Lipinski definition) is 1. The summed E-state index contributed by atoms with van der Waals surface area (Å²) in [6, 6.07) is 1.82. The van der Waals surface area contributed by atoms with Crippen LogP contribution in [0, 0.1) is 11.8 Å². The predicted molar refractivity (Wildman–Crippen MR) is 39.4 cm³/mol. The summed E-state index contributed by atoms with van der Waals surface area (Å²) in [4.78, 5) is 0. The lowest BCUT2D eigenvalue weighted by atomic mass is 10.3. The van der Waals surface area contributed by atoms with Crippen LogP contribution in [0.1, 0.15) is 5.56 Å². The molecule has 0 bridgehead atoms. The van der Waals surface area contributed by atoms with Gasteiger partial charge in [0.25, 0.3) is 0 Å². The van der Waals surface area contributed by atoms with Gasteiger partial charge in [-0.3, -0.25) is 0 Å². The molecule has 0 atom stereocenters. The number of rotatable bonds is 0. The average Bonchev–Trinajstić information content (AvgIpc) is 2.34. The minimum Gasteiger partial charge on any atom is -0.471 e. The zero-order valence-corrected chi connectivity index (χ0v) is 5.69. The van der Waals surface area contributed by atoms with Gasteiger partial charge in [-0.25, -0.2) is 0 Å². The first kappa shape index (κ1) is 6.31. The molecule has 0 aliphatic heterocycles. The van der Waals surface area contributed by atoms with Crippen LogP contribution in [-0.2, 0) is 0 Å². The molecule has 46 valence electrons. The van der Waals surface area contributed by atoms with Crippen molar-refractivity contribution in [2.75, 3.05) is 5.75 Å². The van der Waals surface area contributed by atoms with Gasteiger partial charge in [0.15, 0.2) is 0 Å². The summed E-state index contributed by atoms with van der Waals surface area (Å²) >= 11 is 3.93. The lowest BCUT2D eigenvalue weighted by Crippen LogP contribution is -1.63. The summed E-state index contributed by atoms with van der Waals surface area (Å²) in [7, 11) is 0. The molecule has 0 N–H and O–H groups in total. The van der Waals surface area contributed by atoms with E-state index < -0.39 is 0 Å². The van der Waals surface area contributed by atoms with Crippen molar-refractivity contribution in [3.63, 3.8) is 0 Å². The van der Waals surface area contributed by atoms with Crippen LogP contribution >= 0.6 is 12.6 Å². The molecule has 0 fully saturated rings.